The number of piperidine rings is 1. The first-order valence-corrected chi connectivity index (χ1v) is 7.15. The van der Waals surface area contributed by atoms with Crippen molar-refractivity contribution in [3.63, 3.8) is 0 Å². The van der Waals surface area contributed by atoms with Crippen molar-refractivity contribution in [2.24, 2.45) is 11.3 Å². The Kier molecular flexibility index (Phi) is 6.44. The van der Waals surface area contributed by atoms with Crippen LogP contribution in [0.4, 0.5) is 0 Å². The minimum atomic E-state index is 0. The van der Waals surface area contributed by atoms with E-state index in [2.05, 4.69) is 17.6 Å². The van der Waals surface area contributed by atoms with Gasteiger partial charge in [-0.15, -0.1) is 12.4 Å². The lowest BCUT2D eigenvalue weighted by atomic mass is 9.70. The van der Waals surface area contributed by atoms with E-state index in [0.717, 1.165) is 38.4 Å². The standard InChI is InChI=1S/C14H26N2O.ClH/c1-14(7-2-8-14)11-16-13(17)4-3-12-5-9-15-10-6-12;/h12,15H,2-11H2,1H3,(H,16,17);1H. The highest BCUT2D eigenvalue weighted by molar-refractivity contribution is 5.85. The van der Waals surface area contributed by atoms with Gasteiger partial charge in [0.05, 0.1) is 0 Å². The van der Waals surface area contributed by atoms with Gasteiger partial charge >= 0.3 is 0 Å². The van der Waals surface area contributed by atoms with Gasteiger partial charge < -0.3 is 10.6 Å². The Hall–Kier alpha value is -0.280. The van der Waals surface area contributed by atoms with Crippen LogP contribution in [0.3, 0.4) is 0 Å². The molecule has 0 bridgehead atoms. The second kappa shape index (κ2) is 7.34. The van der Waals surface area contributed by atoms with Crippen LogP contribution in [0.2, 0.25) is 0 Å². The van der Waals surface area contributed by atoms with Crippen molar-refractivity contribution in [3.8, 4) is 0 Å². The summed E-state index contributed by atoms with van der Waals surface area (Å²) in [5, 5.41) is 6.47. The summed E-state index contributed by atoms with van der Waals surface area (Å²) < 4.78 is 0. The average Bonchev–Trinajstić information content (AvgIpc) is 2.33. The van der Waals surface area contributed by atoms with Crippen LogP contribution in [0.1, 0.15) is 51.9 Å². The number of hydrogen-bond acceptors (Lipinski definition) is 2. The van der Waals surface area contributed by atoms with Crippen molar-refractivity contribution in [3.05, 3.63) is 0 Å². The van der Waals surface area contributed by atoms with E-state index in [1.54, 1.807) is 0 Å². The molecule has 0 aromatic rings. The summed E-state index contributed by atoms with van der Waals surface area (Å²) in [6.45, 7) is 5.43. The van der Waals surface area contributed by atoms with Gasteiger partial charge in [0.25, 0.3) is 0 Å². The molecule has 0 aromatic heterocycles. The lowest BCUT2D eigenvalue weighted by Crippen LogP contribution is -2.40. The smallest absolute Gasteiger partial charge is 0.220 e. The monoisotopic (exact) mass is 274 g/mol. The Balaban J connectivity index is 0.00000162. The number of halogens is 1. The third-order valence-corrected chi connectivity index (χ3v) is 4.51. The molecule has 1 aliphatic heterocycles. The van der Waals surface area contributed by atoms with Gasteiger partial charge in [-0.1, -0.05) is 13.3 Å². The van der Waals surface area contributed by atoms with E-state index < -0.39 is 0 Å². The van der Waals surface area contributed by atoms with E-state index in [4.69, 9.17) is 0 Å². The van der Waals surface area contributed by atoms with Crippen LogP contribution in [0.5, 0.6) is 0 Å². The van der Waals surface area contributed by atoms with E-state index in [9.17, 15) is 4.79 Å². The molecule has 1 saturated heterocycles. The molecule has 0 atom stereocenters. The van der Waals surface area contributed by atoms with Gasteiger partial charge in [-0.2, -0.15) is 0 Å². The molecule has 2 fully saturated rings. The number of carbonyl (C=O) groups is 1. The van der Waals surface area contributed by atoms with E-state index in [1.807, 2.05) is 0 Å². The van der Waals surface area contributed by atoms with Gasteiger partial charge in [-0.25, -0.2) is 0 Å². The molecule has 1 heterocycles. The predicted molar refractivity (Wildman–Crippen MR) is 77.0 cm³/mol. The molecule has 4 heteroatoms. The van der Waals surface area contributed by atoms with Crippen LogP contribution in [0.15, 0.2) is 0 Å². The second-order valence-corrected chi connectivity index (χ2v) is 6.17. The van der Waals surface area contributed by atoms with Gasteiger partial charge in [0.2, 0.25) is 5.91 Å². The fourth-order valence-electron chi connectivity index (χ4n) is 2.86. The SMILES string of the molecule is CC1(CNC(=O)CCC2CCNCC2)CCC1.Cl. The van der Waals surface area contributed by atoms with Crippen LogP contribution in [-0.4, -0.2) is 25.5 Å². The summed E-state index contributed by atoms with van der Waals surface area (Å²) in [7, 11) is 0. The molecular formula is C14H27ClN2O. The predicted octanol–water partition coefficient (Wildman–Crippen LogP) is 2.49. The van der Waals surface area contributed by atoms with E-state index in [-0.39, 0.29) is 18.3 Å². The highest BCUT2D eigenvalue weighted by Crippen LogP contribution is 2.39. The van der Waals surface area contributed by atoms with Gasteiger partial charge in [-0.05, 0) is 56.5 Å². The van der Waals surface area contributed by atoms with Crippen molar-refractivity contribution in [2.75, 3.05) is 19.6 Å². The first kappa shape index (κ1) is 15.8. The summed E-state index contributed by atoms with van der Waals surface area (Å²) in [5.74, 6) is 1.03. The Morgan fingerprint density at radius 2 is 2.00 bits per heavy atom. The van der Waals surface area contributed by atoms with E-state index in [0.29, 0.717) is 5.41 Å². The minimum absolute atomic E-state index is 0. The third kappa shape index (κ3) is 4.77. The molecule has 2 rings (SSSR count). The quantitative estimate of drug-likeness (QED) is 0.809. The van der Waals surface area contributed by atoms with Crippen LogP contribution < -0.4 is 10.6 Å². The van der Waals surface area contributed by atoms with Crippen molar-refractivity contribution >= 4 is 18.3 Å². The Labute approximate surface area is 117 Å². The molecule has 0 aromatic carbocycles. The van der Waals surface area contributed by atoms with Crippen LogP contribution >= 0.6 is 12.4 Å². The lowest BCUT2D eigenvalue weighted by molar-refractivity contribution is -0.122. The topological polar surface area (TPSA) is 41.1 Å². The van der Waals surface area contributed by atoms with Crippen LogP contribution in [-0.2, 0) is 4.79 Å². The summed E-state index contributed by atoms with van der Waals surface area (Å²) in [6.07, 6.45) is 8.17. The zero-order valence-electron chi connectivity index (χ0n) is 11.5. The number of carbonyl (C=O) groups excluding carboxylic acids is 1. The second-order valence-electron chi connectivity index (χ2n) is 6.17. The van der Waals surface area contributed by atoms with Gasteiger partial charge in [0.15, 0.2) is 0 Å². The molecule has 1 amide bonds. The zero-order valence-corrected chi connectivity index (χ0v) is 12.3. The molecule has 0 spiro atoms. The fourth-order valence-corrected chi connectivity index (χ4v) is 2.86. The molecule has 2 N–H and O–H groups in total. The molecule has 0 radical (unpaired) electrons. The summed E-state index contributed by atoms with van der Waals surface area (Å²) in [6, 6.07) is 0. The molecule has 18 heavy (non-hydrogen) atoms. The largest absolute Gasteiger partial charge is 0.356 e. The fraction of sp³-hybridized carbons (Fsp3) is 0.929. The van der Waals surface area contributed by atoms with Crippen molar-refractivity contribution in [1.82, 2.24) is 10.6 Å². The Morgan fingerprint density at radius 1 is 1.33 bits per heavy atom. The zero-order chi connectivity index (χ0) is 12.1. The van der Waals surface area contributed by atoms with Crippen LogP contribution in [0, 0.1) is 11.3 Å². The highest BCUT2D eigenvalue weighted by Gasteiger charge is 2.31. The average molecular weight is 275 g/mol. The summed E-state index contributed by atoms with van der Waals surface area (Å²) in [5.41, 5.74) is 0.407. The van der Waals surface area contributed by atoms with Gasteiger partial charge in [-0.3, -0.25) is 4.79 Å². The molecule has 1 saturated carbocycles. The lowest BCUT2D eigenvalue weighted by Gasteiger charge is -2.38. The first-order valence-electron chi connectivity index (χ1n) is 7.15. The maximum Gasteiger partial charge on any atom is 0.220 e. The number of amides is 1. The maximum atomic E-state index is 11.7. The van der Waals surface area contributed by atoms with Crippen LogP contribution in [0.25, 0.3) is 0 Å². The van der Waals surface area contributed by atoms with Crippen molar-refractivity contribution in [2.45, 2.75) is 51.9 Å². The van der Waals surface area contributed by atoms with E-state index >= 15 is 0 Å². The van der Waals surface area contributed by atoms with Crippen molar-refractivity contribution < 1.29 is 4.79 Å². The molecular weight excluding hydrogens is 248 g/mol. The number of hydrogen-bond donors (Lipinski definition) is 2. The Morgan fingerprint density at radius 3 is 2.56 bits per heavy atom. The molecule has 1 aliphatic carbocycles. The Bertz CT molecular complexity index is 261. The third-order valence-electron chi connectivity index (χ3n) is 4.51. The normalized spacial score (nSPS) is 22.7. The maximum absolute atomic E-state index is 11.7. The molecule has 3 nitrogen and oxygen atoms in total. The minimum Gasteiger partial charge on any atom is -0.356 e. The summed E-state index contributed by atoms with van der Waals surface area (Å²) >= 11 is 0. The number of rotatable bonds is 5. The van der Waals surface area contributed by atoms with E-state index in [1.165, 1.54) is 32.1 Å². The van der Waals surface area contributed by atoms with Gasteiger partial charge in [0.1, 0.15) is 0 Å². The molecule has 2 aliphatic rings. The number of nitrogens with one attached hydrogen (secondary N) is 2. The van der Waals surface area contributed by atoms with Crippen molar-refractivity contribution in [1.29, 1.82) is 0 Å². The van der Waals surface area contributed by atoms with Gasteiger partial charge in [0, 0.05) is 13.0 Å². The first-order chi connectivity index (χ1) is 8.18. The summed E-state index contributed by atoms with van der Waals surface area (Å²) in [4.78, 5) is 11.7. The highest BCUT2D eigenvalue weighted by atomic mass is 35.5. The molecule has 106 valence electrons. The molecule has 0 unspecified atom stereocenters.